The van der Waals surface area contributed by atoms with E-state index < -0.39 is 0 Å². The standard InChI is InChI=1S/C13H25N3/c1-11(2)9-13(5-3-6-13)10-16-12-14-7-4-8-15-12/h11H,3-10H2,1-2H3,(H2,14,15,16). The molecule has 0 unspecified atom stereocenters. The van der Waals surface area contributed by atoms with Crippen LogP contribution < -0.4 is 10.6 Å². The van der Waals surface area contributed by atoms with Crippen molar-refractivity contribution in [3.05, 3.63) is 0 Å². The molecule has 1 heterocycles. The van der Waals surface area contributed by atoms with Gasteiger partial charge in [0.15, 0.2) is 5.96 Å². The van der Waals surface area contributed by atoms with Gasteiger partial charge in [-0.25, -0.2) is 0 Å². The lowest BCUT2D eigenvalue weighted by molar-refractivity contribution is 0.104. The van der Waals surface area contributed by atoms with Crippen molar-refractivity contribution in [2.75, 3.05) is 19.6 Å². The Morgan fingerprint density at radius 3 is 2.69 bits per heavy atom. The molecule has 0 spiro atoms. The first kappa shape index (κ1) is 11.7. The second kappa shape index (κ2) is 5.07. The summed E-state index contributed by atoms with van der Waals surface area (Å²) < 4.78 is 0. The van der Waals surface area contributed by atoms with Crippen LogP contribution in [-0.4, -0.2) is 25.6 Å². The van der Waals surface area contributed by atoms with Gasteiger partial charge in [0.25, 0.3) is 0 Å². The van der Waals surface area contributed by atoms with E-state index in [1.54, 1.807) is 0 Å². The molecular weight excluding hydrogens is 198 g/mol. The quantitative estimate of drug-likeness (QED) is 0.766. The topological polar surface area (TPSA) is 36.4 Å². The molecule has 92 valence electrons. The second-order valence-corrected chi connectivity index (χ2v) is 5.82. The first-order valence-electron chi connectivity index (χ1n) is 6.72. The van der Waals surface area contributed by atoms with Gasteiger partial charge in [0.05, 0.1) is 0 Å². The first-order valence-corrected chi connectivity index (χ1v) is 6.72. The predicted octanol–water partition coefficient (Wildman–Crippen LogP) is 2.14. The zero-order chi connectivity index (χ0) is 11.4. The lowest BCUT2D eigenvalue weighted by Gasteiger charge is -2.43. The SMILES string of the molecule is CC(C)CC1(CNC2=NCCCN2)CCC1. The van der Waals surface area contributed by atoms with Crippen LogP contribution in [0.25, 0.3) is 0 Å². The van der Waals surface area contributed by atoms with Crippen molar-refractivity contribution in [1.29, 1.82) is 0 Å². The minimum Gasteiger partial charge on any atom is -0.356 e. The molecule has 1 aliphatic heterocycles. The van der Waals surface area contributed by atoms with Gasteiger partial charge in [0.1, 0.15) is 0 Å². The molecule has 0 bridgehead atoms. The Balaban J connectivity index is 1.80. The first-order chi connectivity index (χ1) is 7.70. The van der Waals surface area contributed by atoms with Gasteiger partial charge in [-0.1, -0.05) is 20.3 Å². The average Bonchev–Trinajstić information content (AvgIpc) is 2.23. The number of aliphatic imine (C=N–C) groups is 1. The minimum absolute atomic E-state index is 0.565. The number of nitrogens with one attached hydrogen (secondary N) is 2. The van der Waals surface area contributed by atoms with E-state index in [1.807, 2.05) is 0 Å². The maximum atomic E-state index is 4.46. The maximum Gasteiger partial charge on any atom is 0.191 e. The zero-order valence-corrected chi connectivity index (χ0v) is 10.7. The molecule has 0 aromatic heterocycles. The van der Waals surface area contributed by atoms with Crippen LogP contribution in [-0.2, 0) is 0 Å². The third-order valence-electron chi connectivity index (χ3n) is 3.78. The van der Waals surface area contributed by atoms with Crippen LogP contribution in [0.5, 0.6) is 0 Å². The van der Waals surface area contributed by atoms with E-state index in [0.29, 0.717) is 5.41 Å². The fourth-order valence-electron chi connectivity index (χ4n) is 2.92. The Hall–Kier alpha value is -0.730. The van der Waals surface area contributed by atoms with Crippen LogP contribution >= 0.6 is 0 Å². The van der Waals surface area contributed by atoms with Crippen LogP contribution in [0.15, 0.2) is 4.99 Å². The smallest absolute Gasteiger partial charge is 0.191 e. The van der Waals surface area contributed by atoms with E-state index in [0.717, 1.165) is 31.5 Å². The highest BCUT2D eigenvalue weighted by Crippen LogP contribution is 2.45. The molecule has 0 amide bonds. The van der Waals surface area contributed by atoms with Crippen LogP contribution in [0.2, 0.25) is 0 Å². The number of rotatable bonds is 4. The lowest BCUT2D eigenvalue weighted by atomic mass is 9.64. The van der Waals surface area contributed by atoms with E-state index in [1.165, 1.54) is 32.1 Å². The van der Waals surface area contributed by atoms with E-state index in [4.69, 9.17) is 0 Å². The van der Waals surface area contributed by atoms with Crippen molar-refractivity contribution in [3.63, 3.8) is 0 Å². The number of hydrogen-bond acceptors (Lipinski definition) is 3. The summed E-state index contributed by atoms with van der Waals surface area (Å²) in [4.78, 5) is 4.46. The highest BCUT2D eigenvalue weighted by Gasteiger charge is 2.37. The van der Waals surface area contributed by atoms with Gasteiger partial charge in [-0.15, -0.1) is 0 Å². The molecule has 2 N–H and O–H groups in total. The van der Waals surface area contributed by atoms with Crippen molar-refractivity contribution in [2.45, 2.75) is 46.0 Å². The van der Waals surface area contributed by atoms with Gasteiger partial charge < -0.3 is 10.6 Å². The highest BCUT2D eigenvalue weighted by atomic mass is 15.2. The van der Waals surface area contributed by atoms with E-state index in [-0.39, 0.29) is 0 Å². The summed E-state index contributed by atoms with van der Waals surface area (Å²) in [6.07, 6.45) is 6.72. The molecule has 0 atom stereocenters. The minimum atomic E-state index is 0.565. The number of guanidine groups is 1. The molecule has 0 radical (unpaired) electrons. The Morgan fingerprint density at radius 1 is 1.38 bits per heavy atom. The molecule has 0 aromatic carbocycles. The van der Waals surface area contributed by atoms with Crippen molar-refractivity contribution >= 4 is 5.96 Å². The molecule has 0 saturated heterocycles. The van der Waals surface area contributed by atoms with E-state index in [9.17, 15) is 0 Å². The molecule has 1 aliphatic carbocycles. The van der Waals surface area contributed by atoms with Gasteiger partial charge >= 0.3 is 0 Å². The van der Waals surface area contributed by atoms with Crippen molar-refractivity contribution < 1.29 is 0 Å². The van der Waals surface area contributed by atoms with Gasteiger partial charge in [-0.05, 0) is 37.0 Å². The van der Waals surface area contributed by atoms with Crippen LogP contribution in [0, 0.1) is 11.3 Å². The fourth-order valence-corrected chi connectivity index (χ4v) is 2.92. The summed E-state index contributed by atoms with van der Waals surface area (Å²) in [6.45, 7) is 7.82. The van der Waals surface area contributed by atoms with Crippen molar-refractivity contribution in [1.82, 2.24) is 10.6 Å². The summed E-state index contributed by atoms with van der Waals surface area (Å²) in [6, 6.07) is 0. The predicted molar refractivity (Wildman–Crippen MR) is 68.7 cm³/mol. The van der Waals surface area contributed by atoms with Crippen LogP contribution in [0.1, 0.15) is 46.0 Å². The Labute approximate surface area is 99.1 Å². The molecule has 2 aliphatic rings. The molecule has 3 nitrogen and oxygen atoms in total. The summed E-state index contributed by atoms with van der Waals surface area (Å²) in [5.74, 6) is 1.84. The molecule has 2 rings (SSSR count). The summed E-state index contributed by atoms with van der Waals surface area (Å²) in [7, 11) is 0. The van der Waals surface area contributed by atoms with E-state index in [2.05, 4.69) is 29.5 Å². The third-order valence-corrected chi connectivity index (χ3v) is 3.78. The number of nitrogens with zero attached hydrogens (tertiary/aromatic N) is 1. The largest absolute Gasteiger partial charge is 0.356 e. The molecule has 1 fully saturated rings. The van der Waals surface area contributed by atoms with Crippen molar-refractivity contribution in [2.24, 2.45) is 16.3 Å². The highest BCUT2D eigenvalue weighted by molar-refractivity contribution is 5.80. The second-order valence-electron chi connectivity index (χ2n) is 5.82. The van der Waals surface area contributed by atoms with E-state index >= 15 is 0 Å². The zero-order valence-electron chi connectivity index (χ0n) is 10.7. The summed E-state index contributed by atoms with van der Waals surface area (Å²) in [5, 5.41) is 6.84. The van der Waals surface area contributed by atoms with Crippen LogP contribution in [0.4, 0.5) is 0 Å². The van der Waals surface area contributed by atoms with Crippen LogP contribution in [0.3, 0.4) is 0 Å². The van der Waals surface area contributed by atoms with Crippen molar-refractivity contribution in [3.8, 4) is 0 Å². The van der Waals surface area contributed by atoms with Gasteiger partial charge in [-0.3, -0.25) is 4.99 Å². The monoisotopic (exact) mass is 223 g/mol. The molecule has 16 heavy (non-hydrogen) atoms. The van der Waals surface area contributed by atoms with Gasteiger partial charge in [-0.2, -0.15) is 0 Å². The Kier molecular flexibility index (Phi) is 3.72. The molecular formula is C13H25N3. The number of hydrogen-bond donors (Lipinski definition) is 2. The Bertz CT molecular complexity index is 254. The molecule has 3 heteroatoms. The summed E-state index contributed by atoms with van der Waals surface area (Å²) >= 11 is 0. The summed E-state index contributed by atoms with van der Waals surface area (Å²) in [5.41, 5.74) is 0.565. The van der Waals surface area contributed by atoms with Gasteiger partial charge in [0, 0.05) is 19.6 Å². The normalized spacial score (nSPS) is 23.3. The lowest BCUT2D eigenvalue weighted by Crippen LogP contribution is -2.48. The fraction of sp³-hybridized carbons (Fsp3) is 0.923. The maximum absolute atomic E-state index is 4.46. The third kappa shape index (κ3) is 2.89. The van der Waals surface area contributed by atoms with Gasteiger partial charge in [0.2, 0.25) is 0 Å². The molecule has 1 saturated carbocycles. The Morgan fingerprint density at radius 2 is 2.19 bits per heavy atom. The average molecular weight is 223 g/mol. The molecule has 0 aromatic rings.